The number of nitrogens with one attached hydrogen (secondary N) is 1. The molecule has 4 N–H and O–H groups in total. The number of methoxy groups -OCH3 is 1. The van der Waals surface area contributed by atoms with Gasteiger partial charge in [0.1, 0.15) is 23.8 Å². The van der Waals surface area contributed by atoms with Crippen LogP contribution in [0, 0.1) is 17.8 Å². The molecule has 2 aromatic rings. The van der Waals surface area contributed by atoms with Gasteiger partial charge in [-0.1, -0.05) is 45.0 Å². The van der Waals surface area contributed by atoms with Crippen molar-refractivity contribution in [3.05, 3.63) is 30.5 Å². The summed E-state index contributed by atoms with van der Waals surface area (Å²) in [6, 6.07) is 6.46. The number of rotatable bonds is 12. The molecular formula is C44H71N7O9. The molecule has 5 rings (SSSR count). The van der Waals surface area contributed by atoms with Crippen molar-refractivity contribution in [2.45, 2.75) is 160 Å². The lowest BCUT2D eigenvalue weighted by molar-refractivity contribution is -0.298. The molecule has 16 heteroatoms. The molecule has 4 heterocycles. The highest BCUT2D eigenvalue weighted by atomic mass is 16.7. The van der Waals surface area contributed by atoms with Crippen molar-refractivity contribution in [1.29, 1.82) is 0 Å². The number of esters is 1. The van der Waals surface area contributed by atoms with Gasteiger partial charge in [-0.3, -0.25) is 19.2 Å². The smallest absolute Gasteiger partial charge is 0.410 e. The molecule has 3 fully saturated rings. The van der Waals surface area contributed by atoms with Gasteiger partial charge in [0.2, 0.25) is 0 Å². The van der Waals surface area contributed by atoms with E-state index in [-0.39, 0.29) is 24.1 Å². The summed E-state index contributed by atoms with van der Waals surface area (Å²) in [6.45, 7) is 16.6. The molecule has 3 unspecified atom stereocenters. The van der Waals surface area contributed by atoms with Crippen LogP contribution >= 0.6 is 0 Å². The number of cyclic esters (lactones) is 1. The van der Waals surface area contributed by atoms with Crippen LogP contribution in [0.1, 0.15) is 93.9 Å². The number of aliphatic hydroxyl groups excluding tert-OH is 1. The number of hydrogen-bond acceptors (Lipinski definition) is 14. The van der Waals surface area contributed by atoms with E-state index in [1.165, 1.54) is 0 Å². The Morgan fingerprint density at radius 3 is 2.43 bits per heavy atom. The molecular weight excluding hydrogens is 771 g/mol. The number of carbonyl (C=O) groups is 3. The van der Waals surface area contributed by atoms with Gasteiger partial charge in [-0.05, 0) is 105 Å². The topological polar surface area (TPSA) is 193 Å². The highest BCUT2D eigenvalue weighted by Crippen LogP contribution is 2.40. The number of aliphatic hydroxyl groups is 1. The van der Waals surface area contributed by atoms with Crippen LogP contribution in [0.2, 0.25) is 0 Å². The van der Waals surface area contributed by atoms with E-state index in [1.54, 1.807) is 30.5 Å². The number of anilines is 1. The molecule has 0 aliphatic carbocycles. The number of Topliss-reactive ketones (excluding diaryl/α,β-unsaturated/α-hetero) is 1. The number of fused-ring (bicyclic) bond motifs is 1. The van der Waals surface area contributed by atoms with Crippen LogP contribution in [0.5, 0.6) is 0 Å². The number of aromatic nitrogens is 3. The number of benzene rings is 1. The Morgan fingerprint density at radius 2 is 1.78 bits per heavy atom. The minimum Gasteiger partial charge on any atom is -0.458 e. The van der Waals surface area contributed by atoms with Gasteiger partial charge in [0.25, 0.3) is 0 Å². The summed E-state index contributed by atoms with van der Waals surface area (Å²) in [4.78, 5) is 46.0. The van der Waals surface area contributed by atoms with E-state index in [2.05, 4.69) is 22.6 Å². The molecule has 1 aromatic carbocycles. The number of nitrogens with two attached hydrogens (primary N) is 1. The largest absolute Gasteiger partial charge is 0.458 e. The first-order valence-electron chi connectivity index (χ1n) is 21.8. The Labute approximate surface area is 356 Å². The average Bonchev–Trinajstić information content (AvgIpc) is 3.80. The van der Waals surface area contributed by atoms with Crippen molar-refractivity contribution in [1.82, 2.24) is 30.1 Å². The van der Waals surface area contributed by atoms with Crippen LogP contribution in [0.3, 0.4) is 0 Å². The molecule has 13 atom stereocenters. The van der Waals surface area contributed by atoms with Crippen LogP contribution in [0.25, 0.3) is 11.3 Å². The van der Waals surface area contributed by atoms with Gasteiger partial charge in [0, 0.05) is 49.5 Å². The highest BCUT2D eigenvalue weighted by molar-refractivity contribution is 6.00. The normalized spacial score (nSPS) is 36.0. The molecule has 0 radical (unpaired) electrons. The molecule has 0 spiro atoms. The number of carbonyl (C=O) groups excluding carboxylic acids is 3. The van der Waals surface area contributed by atoms with Crippen LogP contribution in [0.4, 0.5) is 10.5 Å². The quantitative estimate of drug-likeness (QED) is 0.116. The van der Waals surface area contributed by atoms with Gasteiger partial charge in [-0.15, -0.1) is 5.10 Å². The van der Waals surface area contributed by atoms with E-state index in [1.807, 2.05) is 84.1 Å². The second-order valence-electron chi connectivity index (χ2n) is 18.0. The third-order valence-electron chi connectivity index (χ3n) is 13.2. The second-order valence-corrected chi connectivity index (χ2v) is 18.0. The first kappa shape index (κ1) is 47.4. The maximum absolute atomic E-state index is 14.4. The molecule has 3 saturated heterocycles. The Kier molecular flexibility index (Phi) is 15.8. The second kappa shape index (κ2) is 20.0. The molecule has 3 aliphatic heterocycles. The van der Waals surface area contributed by atoms with E-state index in [9.17, 15) is 19.5 Å². The summed E-state index contributed by atoms with van der Waals surface area (Å²) in [5.74, 6) is -3.16. The number of likely N-dealkylation sites (N-methyl/N-ethyl adjacent to an activating group) is 1. The minimum absolute atomic E-state index is 0.0130. The zero-order chi connectivity index (χ0) is 44.1. The number of nitrogens with zero attached hydrogens (tertiary/aromatic N) is 5. The molecule has 60 heavy (non-hydrogen) atoms. The van der Waals surface area contributed by atoms with E-state index in [4.69, 9.17) is 29.4 Å². The monoisotopic (exact) mass is 842 g/mol. The van der Waals surface area contributed by atoms with E-state index >= 15 is 0 Å². The number of amides is 1. The summed E-state index contributed by atoms with van der Waals surface area (Å²) in [5, 5.41) is 23.8. The van der Waals surface area contributed by atoms with Crippen molar-refractivity contribution >= 4 is 23.5 Å². The van der Waals surface area contributed by atoms with Crippen molar-refractivity contribution < 1.29 is 43.2 Å². The molecule has 336 valence electrons. The maximum atomic E-state index is 14.4. The van der Waals surface area contributed by atoms with E-state index in [0.717, 1.165) is 17.7 Å². The van der Waals surface area contributed by atoms with Crippen molar-refractivity contribution in [3.8, 4) is 11.3 Å². The number of ether oxygens (including phenoxy) is 5. The molecule has 1 amide bonds. The van der Waals surface area contributed by atoms with E-state index < -0.39 is 71.5 Å². The fourth-order valence-electron chi connectivity index (χ4n) is 9.61. The molecule has 0 bridgehead atoms. The summed E-state index contributed by atoms with van der Waals surface area (Å²) in [7, 11) is 5.43. The highest BCUT2D eigenvalue weighted by Gasteiger charge is 2.58. The SMILES string of the molecule is CCC1CC(N(C)C)C(O)[C@H](O[C@@H]2[C@@H](C)C(=O)[C@@H](C)C(=O)O[C@H](CC)[C@@]3(C)OC(=O)N(CCCCn4cc(-c5cccc(N)c5)nn4)[C@@H]3[C@@H](C)NC[C@H](C)C[C@@]2(C)OC)O1. The van der Waals surface area contributed by atoms with Crippen LogP contribution in [0.15, 0.2) is 30.5 Å². The lowest BCUT2D eigenvalue weighted by Crippen LogP contribution is -2.61. The fourth-order valence-corrected chi connectivity index (χ4v) is 9.61. The Morgan fingerprint density at radius 1 is 1.07 bits per heavy atom. The third kappa shape index (κ3) is 10.3. The van der Waals surface area contributed by atoms with Gasteiger partial charge in [-0.25, -0.2) is 4.79 Å². The minimum atomic E-state index is -1.23. The van der Waals surface area contributed by atoms with Gasteiger partial charge in [-0.2, -0.15) is 0 Å². The Bertz CT molecular complexity index is 1760. The van der Waals surface area contributed by atoms with Crippen LogP contribution in [-0.4, -0.2) is 142 Å². The number of ketones is 1. The Hall–Kier alpha value is -3.67. The van der Waals surface area contributed by atoms with Crippen molar-refractivity contribution in [2.24, 2.45) is 17.8 Å². The zero-order valence-electron chi connectivity index (χ0n) is 37.6. The summed E-state index contributed by atoms with van der Waals surface area (Å²) < 4.78 is 33.5. The van der Waals surface area contributed by atoms with Gasteiger partial charge in [0.15, 0.2) is 17.7 Å². The number of unbranched alkanes of at least 4 members (excludes halogenated alkanes) is 1. The first-order valence-corrected chi connectivity index (χ1v) is 21.8. The fraction of sp³-hybridized carbons (Fsp3) is 0.750. The van der Waals surface area contributed by atoms with Crippen molar-refractivity contribution in [2.75, 3.05) is 40.0 Å². The lowest BCUT2D eigenvalue weighted by Gasteiger charge is -2.47. The molecule has 0 saturated carbocycles. The summed E-state index contributed by atoms with van der Waals surface area (Å²) in [6.07, 6.45) is 1.00. The van der Waals surface area contributed by atoms with Crippen LogP contribution in [-0.2, 0) is 39.8 Å². The van der Waals surface area contributed by atoms with E-state index in [0.29, 0.717) is 57.4 Å². The van der Waals surface area contributed by atoms with Gasteiger partial charge in [0.05, 0.1) is 30.0 Å². The van der Waals surface area contributed by atoms with Gasteiger partial charge >= 0.3 is 12.1 Å². The number of nitrogen functional groups attached to an aromatic ring is 1. The van der Waals surface area contributed by atoms with Crippen molar-refractivity contribution in [3.63, 3.8) is 0 Å². The van der Waals surface area contributed by atoms with Gasteiger partial charge < -0.3 is 44.7 Å². The zero-order valence-corrected chi connectivity index (χ0v) is 37.6. The summed E-state index contributed by atoms with van der Waals surface area (Å²) in [5.41, 5.74) is 5.95. The number of aryl methyl sites for hydroxylation is 1. The standard InChI is InChI=1S/C44H71N7O9/c1-12-32-22-34(49(9)10)37(53)41(57-32)59-39-27(4)36(52)28(5)40(54)58-35(13-2)44(8)38(29(6)46-24-26(3)23-43(39,7)56-11)51(42(55)60-44)20-15-14-19-50-25-33(47-48-50)30-17-16-18-31(45)21-30/h16-18,21,25-29,32,34-35,37-39,41,46,53H,12-15,19-20,22-24,45H2,1-11H3/t26-,27+,28-,29-,32?,34?,35-,37?,38-,39-,41+,43-,44-/m1/s1. The average molecular weight is 842 g/mol. The molecule has 16 nitrogen and oxygen atoms in total. The predicted molar refractivity (Wildman–Crippen MR) is 227 cm³/mol. The Balaban J connectivity index is 1.38. The summed E-state index contributed by atoms with van der Waals surface area (Å²) >= 11 is 0. The van der Waals surface area contributed by atoms with Crippen LogP contribution < -0.4 is 11.1 Å². The number of hydrogen-bond donors (Lipinski definition) is 3. The third-order valence-corrected chi connectivity index (χ3v) is 13.2. The predicted octanol–water partition coefficient (Wildman–Crippen LogP) is 4.67. The maximum Gasteiger partial charge on any atom is 0.410 e. The molecule has 3 aliphatic rings. The lowest BCUT2D eigenvalue weighted by atomic mass is 9.78. The molecule has 1 aromatic heterocycles. The first-order chi connectivity index (χ1) is 28.4.